The molecule has 1 aromatic carbocycles. The predicted molar refractivity (Wildman–Crippen MR) is 117 cm³/mol. The molecule has 1 atom stereocenters. The molecule has 0 fully saturated rings. The molecule has 3 aromatic rings. The number of amides is 1. The number of carbonyl (C=O) groups excluding carboxylic acids is 2. The fraction of sp³-hybridized carbons (Fsp3) is 0.217. The second kappa shape index (κ2) is 9.70. The quantitative estimate of drug-likeness (QED) is 0.326. The lowest BCUT2D eigenvalue weighted by Crippen LogP contribution is -2.46. The van der Waals surface area contributed by atoms with E-state index in [9.17, 15) is 22.8 Å². The van der Waals surface area contributed by atoms with E-state index < -0.39 is 47.3 Å². The molecule has 0 aliphatic carbocycles. The molecule has 4 rings (SSSR count). The maximum Gasteiger partial charge on any atom is 0.421 e. The predicted octanol–water partition coefficient (Wildman–Crippen LogP) is 5.39. The van der Waals surface area contributed by atoms with E-state index in [4.69, 9.17) is 25.8 Å². The molecule has 0 saturated heterocycles. The Bertz CT molecular complexity index is 1330. The van der Waals surface area contributed by atoms with Gasteiger partial charge in [0, 0.05) is 31.6 Å². The van der Waals surface area contributed by atoms with Gasteiger partial charge in [0.05, 0.1) is 22.9 Å². The third kappa shape index (κ3) is 4.95. The number of carbonyl (C=O) groups is 2. The van der Waals surface area contributed by atoms with Crippen LogP contribution in [0, 0.1) is 5.82 Å². The number of alkyl halides is 3. The fourth-order valence-electron chi connectivity index (χ4n) is 3.48. The summed E-state index contributed by atoms with van der Waals surface area (Å²) in [5.74, 6) is -4.47. The number of pyridine rings is 2. The highest BCUT2D eigenvalue weighted by Crippen LogP contribution is 2.40. The number of aromatic nitrogens is 2. The van der Waals surface area contributed by atoms with Crippen molar-refractivity contribution in [2.75, 3.05) is 12.0 Å². The Kier molecular flexibility index (Phi) is 6.83. The van der Waals surface area contributed by atoms with Gasteiger partial charge in [0.2, 0.25) is 5.88 Å². The van der Waals surface area contributed by atoms with E-state index in [1.165, 1.54) is 32.4 Å². The van der Waals surface area contributed by atoms with E-state index in [0.717, 1.165) is 29.3 Å². The van der Waals surface area contributed by atoms with Crippen LogP contribution in [-0.4, -0.2) is 35.2 Å². The molecule has 1 aliphatic rings. The number of cyclic esters (lactones) is 1. The molecule has 13 heteroatoms. The second-order valence-corrected chi connectivity index (χ2v) is 8.01. The summed E-state index contributed by atoms with van der Waals surface area (Å²) in [6.07, 6.45) is -3.69. The summed E-state index contributed by atoms with van der Waals surface area (Å²) in [5.41, 5.74) is -1.70. The first-order valence-corrected chi connectivity index (χ1v) is 10.6. The average Bonchev–Trinajstić information content (AvgIpc) is 2.81. The number of rotatable bonds is 5. The van der Waals surface area contributed by atoms with Gasteiger partial charge in [0.25, 0.3) is 5.91 Å². The van der Waals surface area contributed by atoms with Gasteiger partial charge in [-0.25, -0.2) is 19.2 Å². The van der Waals surface area contributed by atoms with Crippen LogP contribution in [-0.2, 0) is 22.3 Å². The van der Waals surface area contributed by atoms with Crippen molar-refractivity contribution in [1.82, 2.24) is 9.97 Å². The first-order chi connectivity index (χ1) is 17.0. The van der Waals surface area contributed by atoms with E-state index in [2.05, 4.69) is 9.97 Å². The van der Waals surface area contributed by atoms with Crippen molar-refractivity contribution in [1.29, 1.82) is 0 Å². The van der Waals surface area contributed by atoms with Crippen molar-refractivity contribution in [3.63, 3.8) is 0 Å². The molecule has 0 saturated carbocycles. The molecule has 188 valence electrons. The average molecular weight is 526 g/mol. The smallest absolute Gasteiger partial charge is 0.421 e. The van der Waals surface area contributed by atoms with Crippen molar-refractivity contribution in [2.45, 2.75) is 25.9 Å². The topological polar surface area (TPSA) is 90.9 Å². The van der Waals surface area contributed by atoms with Crippen LogP contribution in [0.1, 0.15) is 38.9 Å². The van der Waals surface area contributed by atoms with Crippen molar-refractivity contribution in [3.8, 4) is 11.6 Å². The highest BCUT2D eigenvalue weighted by atomic mass is 35.5. The molecule has 0 radical (unpaired) electrons. The first-order valence-electron chi connectivity index (χ1n) is 10.2. The Balaban J connectivity index is 1.74. The third-order valence-corrected chi connectivity index (χ3v) is 5.29. The largest absolute Gasteiger partial charge is 0.438 e. The zero-order chi connectivity index (χ0) is 26.2. The molecular weight excluding hydrogens is 510 g/mol. The lowest BCUT2D eigenvalue weighted by Gasteiger charge is -2.34. The molecule has 3 heterocycles. The maximum absolute atomic E-state index is 15.1. The summed E-state index contributed by atoms with van der Waals surface area (Å²) < 4.78 is 71.0. The normalized spacial score (nSPS) is 15.4. The summed E-state index contributed by atoms with van der Waals surface area (Å²) in [7, 11) is 1.30. The van der Waals surface area contributed by atoms with Gasteiger partial charge in [-0.3, -0.25) is 9.69 Å². The van der Waals surface area contributed by atoms with Crippen LogP contribution in [0.15, 0.2) is 42.7 Å². The summed E-state index contributed by atoms with van der Waals surface area (Å²) in [6.45, 7) is 1.25. The zero-order valence-electron chi connectivity index (χ0n) is 18.6. The van der Waals surface area contributed by atoms with Crippen molar-refractivity contribution < 1.29 is 41.4 Å². The van der Waals surface area contributed by atoms with Crippen molar-refractivity contribution >= 4 is 29.2 Å². The molecule has 8 nitrogen and oxygen atoms in total. The summed E-state index contributed by atoms with van der Waals surface area (Å²) in [5, 5.41) is 0.278. The van der Waals surface area contributed by atoms with Gasteiger partial charge in [-0.05, 0) is 30.7 Å². The molecule has 0 bridgehead atoms. The Morgan fingerprint density at radius 3 is 2.58 bits per heavy atom. The number of ether oxygens (including phenoxy) is 3. The number of fused-ring (bicyclic) bond motifs is 1. The Morgan fingerprint density at radius 2 is 1.94 bits per heavy atom. The van der Waals surface area contributed by atoms with Gasteiger partial charge >= 0.3 is 12.1 Å². The third-order valence-electron chi connectivity index (χ3n) is 5.07. The number of esters is 1. The van der Waals surface area contributed by atoms with E-state index in [-0.39, 0.29) is 34.1 Å². The molecule has 1 unspecified atom stereocenters. The van der Waals surface area contributed by atoms with Crippen LogP contribution in [0.25, 0.3) is 0 Å². The van der Waals surface area contributed by atoms with Gasteiger partial charge in [-0.1, -0.05) is 11.6 Å². The maximum atomic E-state index is 15.1. The number of halogens is 5. The minimum atomic E-state index is -4.88. The first kappa shape index (κ1) is 25.3. The minimum absolute atomic E-state index is 0.0638. The van der Waals surface area contributed by atoms with Crippen LogP contribution >= 0.6 is 11.6 Å². The second-order valence-electron chi connectivity index (χ2n) is 7.57. The highest BCUT2D eigenvalue weighted by molar-refractivity contribution is 6.30. The molecule has 1 aliphatic heterocycles. The number of hydrogen-bond acceptors (Lipinski definition) is 7. The Morgan fingerprint density at radius 1 is 1.19 bits per heavy atom. The van der Waals surface area contributed by atoms with E-state index in [1.807, 2.05) is 0 Å². The van der Waals surface area contributed by atoms with Crippen molar-refractivity contribution in [2.24, 2.45) is 0 Å². The number of anilines is 1. The number of benzene rings is 1. The van der Waals surface area contributed by atoms with Crippen molar-refractivity contribution in [3.05, 3.63) is 75.9 Å². The van der Waals surface area contributed by atoms with Crippen LogP contribution < -0.4 is 9.64 Å². The summed E-state index contributed by atoms with van der Waals surface area (Å²) in [6, 6.07) is 5.15. The molecule has 0 spiro atoms. The van der Waals surface area contributed by atoms with E-state index in [0.29, 0.717) is 0 Å². The summed E-state index contributed by atoms with van der Waals surface area (Å²) >= 11 is 5.80. The number of hydrogen-bond donors (Lipinski definition) is 0. The van der Waals surface area contributed by atoms with E-state index in [1.54, 1.807) is 0 Å². The lowest BCUT2D eigenvalue weighted by atomic mass is 10.1. The highest BCUT2D eigenvalue weighted by Gasteiger charge is 2.38. The Hall–Kier alpha value is -3.77. The van der Waals surface area contributed by atoms with Gasteiger partial charge < -0.3 is 14.2 Å². The minimum Gasteiger partial charge on any atom is -0.438 e. The molecule has 36 heavy (non-hydrogen) atoms. The number of nitrogens with zero attached hydrogens (tertiary/aromatic N) is 3. The van der Waals surface area contributed by atoms with Crippen LogP contribution in [0.2, 0.25) is 5.02 Å². The molecule has 1 amide bonds. The molecule has 2 aromatic heterocycles. The monoisotopic (exact) mass is 525 g/mol. The van der Waals surface area contributed by atoms with Gasteiger partial charge in [-0.15, -0.1) is 0 Å². The molecular formula is C23H16ClF4N3O5. The van der Waals surface area contributed by atoms with E-state index >= 15 is 4.39 Å². The lowest BCUT2D eigenvalue weighted by molar-refractivity contribution is -0.139. The Labute approximate surface area is 206 Å². The SMILES string of the molecule is COCc1cnc(Oc2cc3c(cc2F)N(C(=O)c2ccc(Cl)cn2)C(C)OC3=O)c(C(F)(F)F)c1. The van der Waals surface area contributed by atoms with Crippen LogP contribution in [0.4, 0.5) is 23.2 Å². The van der Waals surface area contributed by atoms with Gasteiger partial charge in [-0.2, -0.15) is 13.2 Å². The van der Waals surface area contributed by atoms with Crippen LogP contribution in [0.5, 0.6) is 11.6 Å². The fourth-order valence-corrected chi connectivity index (χ4v) is 3.59. The van der Waals surface area contributed by atoms with Crippen LogP contribution in [0.3, 0.4) is 0 Å². The summed E-state index contributed by atoms with van der Waals surface area (Å²) in [4.78, 5) is 34.1. The number of methoxy groups -OCH3 is 1. The van der Waals surface area contributed by atoms with Gasteiger partial charge in [0.1, 0.15) is 11.3 Å². The standard InChI is InChI=1S/C23H16ClF4N3O5/c1-11-31(21(32)17-4-3-13(24)9-29-17)18-7-16(25)19(6-14(18)22(33)35-11)36-20-15(23(26,27)28)5-12(8-30-20)10-34-2/h3-9,11H,10H2,1-2H3. The molecule has 0 N–H and O–H groups in total. The van der Waals surface area contributed by atoms with Gasteiger partial charge in [0.15, 0.2) is 17.8 Å². The zero-order valence-corrected chi connectivity index (χ0v) is 19.4.